The molecule has 13 nitrogen and oxygen atoms in total. The molecule has 2 aromatic heterocycles. The van der Waals surface area contributed by atoms with Crippen LogP contribution in [0.3, 0.4) is 0 Å². The first-order valence-corrected chi connectivity index (χ1v) is 8.39. The van der Waals surface area contributed by atoms with Crippen LogP contribution in [0.2, 0.25) is 0 Å². The molecular formula is C18H13N3O10. The van der Waals surface area contributed by atoms with E-state index in [4.69, 9.17) is 4.74 Å². The summed E-state index contributed by atoms with van der Waals surface area (Å²) < 4.78 is 4.77. The molecule has 0 aliphatic heterocycles. The van der Waals surface area contributed by atoms with Gasteiger partial charge in [-0.2, -0.15) is 0 Å². The summed E-state index contributed by atoms with van der Waals surface area (Å²) in [4.78, 5) is 69.2. The minimum Gasteiger partial charge on any atom is -0.480 e. The predicted octanol–water partition coefficient (Wildman–Crippen LogP) is 0.256. The van der Waals surface area contributed by atoms with Gasteiger partial charge in [-0.15, -0.1) is 0 Å². The first kappa shape index (κ1) is 21.3. The van der Waals surface area contributed by atoms with Gasteiger partial charge in [0.15, 0.2) is 6.04 Å². The van der Waals surface area contributed by atoms with Crippen molar-refractivity contribution in [3.8, 4) is 11.3 Å². The van der Waals surface area contributed by atoms with Crippen molar-refractivity contribution in [3.63, 3.8) is 0 Å². The van der Waals surface area contributed by atoms with E-state index >= 15 is 0 Å². The van der Waals surface area contributed by atoms with Crippen LogP contribution in [0, 0.1) is 0 Å². The van der Waals surface area contributed by atoms with Gasteiger partial charge in [0, 0.05) is 12.7 Å². The third-order valence-electron chi connectivity index (χ3n) is 4.35. The summed E-state index contributed by atoms with van der Waals surface area (Å²) in [6.07, 6.45) is 0. The number of pyridine rings is 1. The zero-order valence-corrected chi connectivity index (χ0v) is 15.6. The molecule has 1 atom stereocenters. The number of hydrogen-bond acceptors (Lipinski definition) is 8. The molecule has 0 bridgehead atoms. The fourth-order valence-corrected chi connectivity index (χ4v) is 3.03. The van der Waals surface area contributed by atoms with Crippen molar-refractivity contribution in [1.29, 1.82) is 0 Å². The van der Waals surface area contributed by atoms with E-state index in [9.17, 15) is 44.4 Å². The number of nitrogens with one attached hydrogen (secondary N) is 1. The number of fused-ring (bicyclic) bond motifs is 3. The number of Topliss-reactive ketones (excluding diaryl/α,β-unsaturated/α-hetero) is 1. The molecule has 0 saturated heterocycles. The summed E-state index contributed by atoms with van der Waals surface area (Å²) >= 11 is 0. The van der Waals surface area contributed by atoms with Crippen LogP contribution in [-0.2, 0) is 9.53 Å². The minimum absolute atomic E-state index is 0.211. The van der Waals surface area contributed by atoms with Crippen molar-refractivity contribution in [1.82, 2.24) is 9.97 Å². The average Bonchev–Trinajstić information content (AvgIpc) is 3.15. The van der Waals surface area contributed by atoms with Gasteiger partial charge in [0.2, 0.25) is 5.78 Å². The summed E-state index contributed by atoms with van der Waals surface area (Å²) in [6.45, 7) is -0.452. The van der Waals surface area contributed by atoms with E-state index in [0.717, 1.165) is 12.1 Å². The van der Waals surface area contributed by atoms with Gasteiger partial charge >= 0.3 is 23.9 Å². The highest BCUT2D eigenvalue weighted by molar-refractivity contribution is 6.55. The van der Waals surface area contributed by atoms with E-state index in [1.165, 1.54) is 7.11 Å². The SMILES string of the molecule is COCC(N=C1C(=O)c2cc(C(=O)O)[nH]c2-c2c(C(=O)O)cc(C(=O)O)nc21)C(=O)O. The van der Waals surface area contributed by atoms with Gasteiger partial charge in [0.25, 0.3) is 0 Å². The zero-order chi connectivity index (χ0) is 23.0. The van der Waals surface area contributed by atoms with Gasteiger partial charge in [-0.05, 0) is 12.1 Å². The highest BCUT2D eigenvalue weighted by Gasteiger charge is 2.38. The largest absolute Gasteiger partial charge is 0.480 e. The lowest BCUT2D eigenvalue weighted by Gasteiger charge is -2.20. The lowest BCUT2D eigenvalue weighted by atomic mass is 9.87. The Morgan fingerprint density at radius 1 is 1.10 bits per heavy atom. The molecule has 13 heteroatoms. The van der Waals surface area contributed by atoms with Crippen LogP contribution in [0.25, 0.3) is 11.3 Å². The van der Waals surface area contributed by atoms with E-state index in [1.54, 1.807) is 0 Å². The number of rotatable bonds is 7. The average molecular weight is 431 g/mol. The van der Waals surface area contributed by atoms with Crippen molar-refractivity contribution in [3.05, 3.63) is 40.3 Å². The van der Waals surface area contributed by atoms with Crippen LogP contribution in [0.5, 0.6) is 0 Å². The number of methoxy groups -OCH3 is 1. The Bertz CT molecular complexity index is 1190. The van der Waals surface area contributed by atoms with Crippen LogP contribution >= 0.6 is 0 Å². The molecule has 160 valence electrons. The van der Waals surface area contributed by atoms with Crippen LogP contribution in [0.1, 0.15) is 47.4 Å². The molecule has 1 aliphatic rings. The van der Waals surface area contributed by atoms with Crippen molar-refractivity contribution in [2.75, 3.05) is 13.7 Å². The molecule has 5 N–H and O–H groups in total. The van der Waals surface area contributed by atoms with E-state index in [0.29, 0.717) is 0 Å². The summed E-state index contributed by atoms with van der Waals surface area (Å²) in [7, 11) is 1.19. The Hall–Kier alpha value is -4.39. The molecular weight excluding hydrogens is 418 g/mol. The smallest absolute Gasteiger partial charge is 0.354 e. The second-order valence-corrected chi connectivity index (χ2v) is 6.28. The van der Waals surface area contributed by atoms with Crippen molar-refractivity contribution >= 4 is 35.4 Å². The number of ketones is 1. The molecule has 0 spiro atoms. The Morgan fingerprint density at radius 3 is 2.29 bits per heavy atom. The summed E-state index contributed by atoms with van der Waals surface area (Å²) in [5.74, 6) is -7.06. The zero-order valence-electron chi connectivity index (χ0n) is 15.6. The van der Waals surface area contributed by atoms with E-state index < -0.39 is 70.7 Å². The summed E-state index contributed by atoms with van der Waals surface area (Å²) in [5, 5.41) is 37.5. The topological polar surface area (TPSA) is 217 Å². The number of carboxylic acid groups (broad SMARTS) is 4. The fraction of sp³-hybridized carbons (Fsp3) is 0.167. The Labute approximate surface area is 171 Å². The number of H-pyrrole nitrogens is 1. The molecule has 1 aliphatic carbocycles. The molecule has 1 unspecified atom stereocenters. The number of aromatic carboxylic acids is 3. The number of aliphatic imine (C=N–C) groups is 1. The Balaban J connectivity index is 2.43. The highest BCUT2D eigenvalue weighted by atomic mass is 16.5. The summed E-state index contributed by atoms with van der Waals surface area (Å²) in [6, 6.07) is 0.0902. The quantitative estimate of drug-likeness (QED) is 0.400. The van der Waals surface area contributed by atoms with E-state index in [1.807, 2.05) is 0 Å². The number of aliphatic carboxylic acids is 1. The maximum Gasteiger partial charge on any atom is 0.354 e. The van der Waals surface area contributed by atoms with Crippen LogP contribution in [0.15, 0.2) is 17.1 Å². The lowest BCUT2D eigenvalue weighted by molar-refractivity contribution is -0.139. The monoisotopic (exact) mass is 431 g/mol. The van der Waals surface area contributed by atoms with Crippen molar-refractivity contribution in [2.45, 2.75) is 6.04 Å². The maximum atomic E-state index is 13.0. The van der Waals surface area contributed by atoms with Gasteiger partial charge in [-0.3, -0.25) is 9.79 Å². The molecule has 2 aromatic rings. The Morgan fingerprint density at radius 2 is 1.77 bits per heavy atom. The third kappa shape index (κ3) is 3.64. The van der Waals surface area contributed by atoms with Crippen molar-refractivity contribution < 1.29 is 49.1 Å². The van der Waals surface area contributed by atoms with Crippen LogP contribution in [-0.4, -0.2) is 85.5 Å². The lowest BCUT2D eigenvalue weighted by Crippen LogP contribution is -2.31. The van der Waals surface area contributed by atoms with E-state index in [2.05, 4.69) is 15.0 Å². The first-order valence-electron chi connectivity index (χ1n) is 8.39. The molecule has 0 saturated carbocycles. The van der Waals surface area contributed by atoms with Crippen LogP contribution in [0.4, 0.5) is 0 Å². The number of hydrogen-bond donors (Lipinski definition) is 5. The van der Waals surface area contributed by atoms with Gasteiger partial charge < -0.3 is 30.1 Å². The number of carbonyl (C=O) groups is 5. The second kappa shape index (κ2) is 7.79. The molecule has 3 rings (SSSR count). The standard InChI is InChI=1S/C18H13N3O10/c1-31-4-9(18(29)30)21-13-12-10(5(15(23)24)2-7(20-12)16(25)26)11-6(14(13)22)3-8(19-11)17(27)28/h2-3,9,19H,4H2,1H3,(H,23,24)(H,25,26)(H,27,28)(H,29,30). The van der Waals surface area contributed by atoms with Gasteiger partial charge in [-0.25, -0.2) is 24.2 Å². The molecule has 2 heterocycles. The first-order chi connectivity index (χ1) is 14.6. The third-order valence-corrected chi connectivity index (χ3v) is 4.35. The summed E-state index contributed by atoms with van der Waals surface area (Å²) in [5.41, 5.74) is -3.69. The number of carboxylic acids is 4. The molecule has 0 aromatic carbocycles. The van der Waals surface area contributed by atoms with Crippen molar-refractivity contribution in [2.24, 2.45) is 4.99 Å². The maximum absolute atomic E-state index is 13.0. The molecule has 0 amide bonds. The van der Waals surface area contributed by atoms with Gasteiger partial charge in [0.1, 0.15) is 22.8 Å². The fourth-order valence-electron chi connectivity index (χ4n) is 3.03. The van der Waals surface area contributed by atoms with Gasteiger partial charge in [0.05, 0.1) is 23.4 Å². The minimum atomic E-state index is -1.60. The number of nitrogens with zero attached hydrogens (tertiary/aromatic N) is 2. The normalized spacial score (nSPS) is 14.6. The number of carbonyl (C=O) groups excluding carboxylic acids is 1. The second-order valence-electron chi connectivity index (χ2n) is 6.28. The molecule has 31 heavy (non-hydrogen) atoms. The number of aromatic nitrogens is 2. The molecule has 0 radical (unpaired) electrons. The number of ether oxygens (including phenoxy) is 1. The molecule has 0 fully saturated rings. The van der Waals surface area contributed by atoms with E-state index in [-0.39, 0.29) is 16.8 Å². The highest BCUT2D eigenvalue weighted by Crippen LogP contribution is 2.36. The Kier molecular flexibility index (Phi) is 5.36. The number of aromatic amines is 1. The predicted molar refractivity (Wildman–Crippen MR) is 99.1 cm³/mol. The van der Waals surface area contributed by atoms with Crippen LogP contribution < -0.4 is 0 Å². The van der Waals surface area contributed by atoms with Gasteiger partial charge in [-0.1, -0.05) is 0 Å².